The average molecular weight is 753 g/mol. The minimum absolute atomic E-state index is 0.0840. The van der Waals surface area contributed by atoms with Crippen LogP contribution < -0.4 is 0 Å². The van der Waals surface area contributed by atoms with Gasteiger partial charge in [0.05, 0.1) is 41.2 Å². The first-order valence-electron chi connectivity index (χ1n) is 21.0. The predicted molar refractivity (Wildman–Crippen MR) is 205 cm³/mol. The molecule has 0 aromatic heterocycles. The van der Waals surface area contributed by atoms with Crippen molar-refractivity contribution in [1.29, 1.82) is 0 Å². The third-order valence-corrected chi connectivity index (χ3v) is 17.2. The third kappa shape index (κ3) is 6.26. The minimum Gasteiger partial charge on any atom is -0.508 e. The Morgan fingerprint density at radius 1 is 0.870 bits per heavy atom. The van der Waals surface area contributed by atoms with Gasteiger partial charge in [-0.25, -0.2) is 0 Å². The zero-order chi connectivity index (χ0) is 39.4. The van der Waals surface area contributed by atoms with Crippen LogP contribution in [0.1, 0.15) is 142 Å². The molecular formula is C45H68O9. The summed E-state index contributed by atoms with van der Waals surface area (Å²) in [7, 11) is 0. The van der Waals surface area contributed by atoms with Gasteiger partial charge < -0.3 is 40.9 Å². The van der Waals surface area contributed by atoms with E-state index in [1.54, 1.807) is 26.8 Å². The van der Waals surface area contributed by atoms with Crippen LogP contribution in [0.3, 0.4) is 0 Å². The largest absolute Gasteiger partial charge is 0.508 e. The molecule has 7 aliphatic carbocycles. The Bertz CT molecular complexity index is 1630. The number of hydrogen-bond donors (Lipinski definition) is 8. The molecule has 8 N–H and O–H groups in total. The molecule has 54 heavy (non-hydrogen) atoms. The molecule has 1 aromatic rings. The molecule has 9 heteroatoms. The van der Waals surface area contributed by atoms with Gasteiger partial charge in [-0.3, -0.25) is 4.79 Å². The number of phenolic OH excluding ortho intramolecular Hbond substituents is 1. The van der Waals surface area contributed by atoms with E-state index in [-0.39, 0.29) is 47.9 Å². The Morgan fingerprint density at radius 3 is 2.30 bits per heavy atom. The number of carbonyl (C=O) groups excluding carboxylic acids is 1. The van der Waals surface area contributed by atoms with E-state index in [2.05, 4.69) is 13.0 Å². The molecule has 0 bridgehead atoms. The molecule has 5 fully saturated rings. The highest BCUT2D eigenvalue weighted by Crippen LogP contribution is 2.69. The third-order valence-electron chi connectivity index (χ3n) is 17.2. The number of hydrogen-bond acceptors (Lipinski definition) is 9. The normalized spacial score (nSPS) is 45.5. The molecule has 15 atom stereocenters. The monoisotopic (exact) mass is 752 g/mol. The molecule has 0 radical (unpaired) electrons. The van der Waals surface area contributed by atoms with Crippen molar-refractivity contribution in [2.24, 2.45) is 45.8 Å². The van der Waals surface area contributed by atoms with Gasteiger partial charge in [-0.1, -0.05) is 26.8 Å². The predicted octanol–water partition coefficient (Wildman–Crippen LogP) is 5.46. The molecule has 0 saturated heterocycles. The number of allylic oxidation sites excluding steroid dienone is 1. The van der Waals surface area contributed by atoms with Crippen molar-refractivity contribution in [2.75, 3.05) is 0 Å². The summed E-state index contributed by atoms with van der Waals surface area (Å²) >= 11 is 0. The summed E-state index contributed by atoms with van der Waals surface area (Å²) in [6.45, 7) is 11.3. The summed E-state index contributed by atoms with van der Waals surface area (Å²) in [5, 5.41) is 85.5. The minimum atomic E-state index is -1.46. The smallest absolute Gasteiger partial charge is 0.159 e. The fourth-order valence-electron chi connectivity index (χ4n) is 13.9. The van der Waals surface area contributed by atoms with Crippen LogP contribution in [0.2, 0.25) is 0 Å². The van der Waals surface area contributed by atoms with Crippen LogP contribution >= 0.6 is 0 Å². The number of phenols is 1. The van der Waals surface area contributed by atoms with Crippen LogP contribution in [0.15, 0.2) is 29.8 Å². The van der Waals surface area contributed by atoms with Crippen molar-refractivity contribution in [1.82, 2.24) is 0 Å². The van der Waals surface area contributed by atoms with Crippen LogP contribution in [-0.4, -0.2) is 87.9 Å². The number of aliphatic hydroxyl groups excluding tert-OH is 4. The maximum Gasteiger partial charge on any atom is 0.159 e. The maximum absolute atomic E-state index is 13.2. The zero-order valence-electron chi connectivity index (χ0n) is 33.5. The highest BCUT2D eigenvalue weighted by Gasteiger charge is 2.69. The summed E-state index contributed by atoms with van der Waals surface area (Å²) in [5.41, 5.74) is -1.27. The van der Waals surface area contributed by atoms with Crippen LogP contribution in [-0.2, 0) is 11.2 Å². The quantitative estimate of drug-likeness (QED) is 0.194. The van der Waals surface area contributed by atoms with Gasteiger partial charge in [0.15, 0.2) is 5.78 Å². The van der Waals surface area contributed by atoms with Crippen molar-refractivity contribution in [2.45, 2.75) is 179 Å². The number of aliphatic hydroxyl groups is 7. The molecule has 7 aliphatic rings. The Hall–Kier alpha value is -1.85. The number of ketones is 1. The lowest BCUT2D eigenvalue weighted by Gasteiger charge is -2.60. The van der Waals surface area contributed by atoms with Gasteiger partial charge in [0.2, 0.25) is 0 Å². The van der Waals surface area contributed by atoms with Gasteiger partial charge >= 0.3 is 0 Å². The van der Waals surface area contributed by atoms with Crippen LogP contribution in [0.25, 0.3) is 0 Å². The summed E-state index contributed by atoms with van der Waals surface area (Å²) in [6.07, 6.45) is 8.89. The highest BCUT2D eigenvalue weighted by molar-refractivity contribution is 5.95. The second-order valence-electron chi connectivity index (χ2n) is 20.6. The molecule has 8 rings (SSSR count). The Labute approximate surface area is 321 Å². The van der Waals surface area contributed by atoms with E-state index in [0.717, 1.165) is 25.2 Å². The number of rotatable bonds is 5. The molecule has 9 nitrogen and oxygen atoms in total. The second-order valence-corrected chi connectivity index (χ2v) is 20.6. The first-order valence-corrected chi connectivity index (χ1v) is 21.0. The van der Waals surface area contributed by atoms with Gasteiger partial charge in [0, 0.05) is 11.3 Å². The van der Waals surface area contributed by atoms with Gasteiger partial charge in [-0.05, 0) is 186 Å². The van der Waals surface area contributed by atoms with Crippen LogP contribution in [0, 0.1) is 45.8 Å². The van der Waals surface area contributed by atoms with Crippen molar-refractivity contribution < 1.29 is 45.6 Å². The summed E-state index contributed by atoms with van der Waals surface area (Å²) in [6, 6.07) is 5.96. The Kier molecular flexibility index (Phi) is 10.2. The zero-order valence-corrected chi connectivity index (χ0v) is 33.5. The fourth-order valence-corrected chi connectivity index (χ4v) is 13.9. The van der Waals surface area contributed by atoms with E-state index in [9.17, 15) is 45.6 Å². The van der Waals surface area contributed by atoms with Crippen molar-refractivity contribution >= 4 is 5.78 Å². The van der Waals surface area contributed by atoms with Gasteiger partial charge in [0.1, 0.15) is 5.75 Å². The SMILES string of the molecule is CC(C)(O)CC[C@@H](O)[C@](C)(O)[C@H]1CC[C@@]2(O)C3=CC(=O)[C@@H]4C[C@@H](O)[C@@H](O)C[C@]4(C)[C@H]3CC[C@]12C.C[C@]12CC[C@@H]3c4ccc(O)cc4CC[C@H]3[C@@H]1CC[C@@H]2O. The lowest BCUT2D eigenvalue weighted by Crippen LogP contribution is -2.62. The van der Waals surface area contributed by atoms with E-state index < -0.39 is 45.9 Å². The summed E-state index contributed by atoms with van der Waals surface area (Å²) < 4.78 is 0. The van der Waals surface area contributed by atoms with Gasteiger partial charge in [0.25, 0.3) is 0 Å². The molecule has 0 spiro atoms. The second kappa shape index (κ2) is 13.6. The fraction of sp³-hybridized carbons (Fsp3) is 0.800. The highest BCUT2D eigenvalue weighted by atomic mass is 16.3. The summed E-state index contributed by atoms with van der Waals surface area (Å²) in [4.78, 5) is 13.2. The van der Waals surface area contributed by atoms with Crippen LogP contribution in [0.5, 0.6) is 5.75 Å². The average Bonchev–Trinajstić information content (AvgIpc) is 3.56. The standard InChI is InChI=1S/C27H44O7.C18H24O2/c1-23(2,32)9-8-22(31)26(5,33)21-7-11-27(34)16-12-18(28)17-13-19(29)20(30)14-24(17,3)15(16)6-10-25(21,27)4;1-18-9-8-14-13-5-3-12(19)10-11(13)2-4-15(14)16(18)6-7-17(18)20/h12,15,17,19-22,29-34H,6-11,13-14H2,1-5H3;3,5,10,14-17,19-20H,2,4,6-9H2,1H3/t15-,17-,19+,20-,21-,22+,24+,25+,26+,27+;14-,15-,16+,17+,18+/m01/s1. The van der Waals surface area contributed by atoms with Gasteiger partial charge in [-0.2, -0.15) is 0 Å². The first kappa shape index (κ1) is 40.4. The topological polar surface area (TPSA) is 179 Å². The first-order chi connectivity index (χ1) is 25.1. The maximum atomic E-state index is 13.2. The number of carbonyl (C=O) groups is 1. The molecule has 1 aromatic carbocycles. The molecule has 0 heterocycles. The number of benzene rings is 1. The molecule has 0 amide bonds. The van der Waals surface area contributed by atoms with Crippen molar-refractivity contribution in [3.63, 3.8) is 0 Å². The molecule has 302 valence electrons. The van der Waals surface area contributed by atoms with Gasteiger partial charge in [-0.15, -0.1) is 0 Å². The number of aryl methyl sites for hydroxylation is 1. The lowest BCUT2D eigenvalue weighted by molar-refractivity contribution is -0.177. The van der Waals surface area contributed by atoms with E-state index in [1.807, 2.05) is 26.0 Å². The van der Waals surface area contributed by atoms with E-state index in [4.69, 9.17) is 0 Å². The molecule has 0 aliphatic heterocycles. The van der Waals surface area contributed by atoms with Crippen LogP contribution in [0.4, 0.5) is 0 Å². The molecular weight excluding hydrogens is 684 g/mol. The Morgan fingerprint density at radius 2 is 1.59 bits per heavy atom. The molecule has 0 unspecified atom stereocenters. The van der Waals surface area contributed by atoms with E-state index in [1.165, 1.54) is 30.4 Å². The van der Waals surface area contributed by atoms with Crippen molar-refractivity contribution in [3.8, 4) is 5.75 Å². The number of fused-ring (bicyclic) bond motifs is 10. The number of aromatic hydroxyl groups is 1. The molecule has 5 saturated carbocycles. The Balaban J connectivity index is 0.000000189. The summed E-state index contributed by atoms with van der Waals surface area (Å²) in [5.74, 6) is 1.54. The van der Waals surface area contributed by atoms with Crippen molar-refractivity contribution in [3.05, 3.63) is 41.0 Å². The van der Waals surface area contributed by atoms with E-state index in [0.29, 0.717) is 61.7 Å². The van der Waals surface area contributed by atoms with E-state index >= 15 is 0 Å². The lowest BCUT2D eigenvalue weighted by atomic mass is 9.45.